The Balaban J connectivity index is 1.76. The summed E-state index contributed by atoms with van der Waals surface area (Å²) in [5.74, 6) is 0.586. The van der Waals surface area contributed by atoms with Gasteiger partial charge in [-0.2, -0.15) is 0 Å². The van der Waals surface area contributed by atoms with Crippen LogP contribution in [0.3, 0.4) is 0 Å². The zero-order chi connectivity index (χ0) is 20.8. The molecule has 5 rings (SSSR count). The van der Waals surface area contributed by atoms with E-state index >= 15 is 0 Å². The zero-order valence-electron chi connectivity index (χ0n) is 15.9. The fourth-order valence-electron chi connectivity index (χ4n) is 3.47. The van der Waals surface area contributed by atoms with Crippen molar-refractivity contribution in [1.82, 2.24) is 15.0 Å². The molecule has 3 N–H and O–H groups in total. The molecule has 0 saturated heterocycles. The van der Waals surface area contributed by atoms with Crippen LogP contribution in [0.5, 0.6) is 5.75 Å². The molecule has 6 nitrogen and oxygen atoms in total. The van der Waals surface area contributed by atoms with Crippen LogP contribution in [-0.4, -0.2) is 20.1 Å². The highest BCUT2D eigenvalue weighted by atomic mass is 79.9. The topological polar surface area (TPSA) is 94.9 Å². The minimum Gasteiger partial charge on any atom is -0.501 e. The Labute approximate surface area is 179 Å². The summed E-state index contributed by atoms with van der Waals surface area (Å²) in [6, 6.07) is 18.8. The van der Waals surface area contributed by atoms with Crippen LogP contribution >= 0.6 is 15.9 Å². The minimum absolute atomic E-state index is 0.0662. The summed E-state index contributed by atoms with van der Waals surface area (Å²) >= 11 is 3.49. The number of aromatic amines is 2. The van der Waals surface area contributed by atoms with Gasteiger partial charge in [-0.15, -0.1) is 0 Å². The van der Waals surface area contributed by atoms with Gasteiger partial charge in [0.15, 0.2) is 11.6 Å². The molecule has 0 aliphatic carbocycles. The van der Waals surface area contributed by atoms with Crippen molar-refractivity contribution in [3.8, 4) is 40.0 Å². The molecule has 0 aliphatic heterocycles. The molecule has 0 unspecified atom stereocenters. The Kier molecular flexibility index (Phi) is 4.33. The fraction of sp³-hybridized carbons (Fsp3) is 0.0435. The van der Waals surface area contributed by atoms with Crippen molar-refractivity contribution in [2.75, 3.05) is 0 Å². The van der Waals surface area contributed by atoms with Crippen LogP contribution in [0.4, 0.5) is 0 Å². The second kappa shape index (κ2) is 7.03. The number of aromatic nitrogens is 3. The van der Waals surface area contributed by atoms with Crippen LogP contribution in [0.2, 0.25) is 0 Å². The molecular weight excluding hydrogens is 446 g/mol. The summed E-state index contributed by atoms with van der Waals surface area (Å²) in [7, 11) is 0. The number of fused-ring (bicyclic) bond motifs is 1. The highest BCUT2D eigenvalue weighted by molar-refractivity contribution is 9.10. The van der Waals surface area contributed by atoms with E-state index in [0.29, 0.717) is 23.0 Å². The molecular formula is C23H16BrN3O3. The third-order valence-electron chi connectivity index (χ3n) is 4.86. The van der Waals surface area contributed by atoms with E-state index in [1.54, 1.807) is 6.92 Å². The first-order chi connectivity index (χ1) is 14.5. The number of rotatable bonds is 3. The van der Waals surface area contributed by atoms with Crippen molar-refractivity contribution in [3.05, 3.63) is 81.1 Å². The van der Waals surface area contributed by atoms with Gasteiger partial charge < -0.3 is 19.5 Å². The van der Waals surface area contributed by atoms with E-state index in [2.05, 4.69) is 25.9 Å². The van der Waals surface area contributed by atoms with Crippen LogP contribution < -0.4 is 5.43 Å². The SMILES string of the molecule is Cc1cc(=O)c(O)c(-c2[nH]c(-c3cc4cc(Br)ccc4[nH]3)nc2-c2ccccc2)o1. The van der Waals surface area contributed by atoms with Gasteiger partial charge in [-0.1, -0.05) is 46.3 Å². The first kappa shape index (κ1) is 18.4. The summed E-state index contributed by atoms with van der Waals surface area (Å²) in [5, 5.41) is 11.4. The van der Waals surface area contributed by atoms with Crippen LogP contribution in [0.1, 0.15) is 5.76 Å². The number of halogens is 1. The van der Waals surface area contributed by atoms with Crippen molar-refractivity contribution < 1.29 is 9.52 Å². The summed E-state index contributed by atoms with van der Waals surface area (Å²) in [6.07, 6.45) is 0. The Hall–Kier alpha value is -3.58. The average molecular weight is 462 g/mol. The Bertz CT molecular complexity index is 1450. The number of imidazole rings is 1. The standard InChI is InChI=1S/C23H16BrN3O3/c1-12-9-18(28)21(29)22(30-12)20-19(13-5-3-2-4-6-13)26-23(27-20)17-11-14-10-15(24)7-8-16(14)25-17/h2-11,25,29H,1H3,(H,26,27). The van der Waals surface area contributed by atoms with Gasteiger partial charge in [-0.05, 0) is 31.2 Å². The van der Waals surface area contributed by atoms with Crippen molar-refractivity contribution in [3.63, 3.8) is 0 Å². The van der Waals surface area contributed by atoms with Gasteiger partial charge >= 0.3 is 0 Å². The molecule has 5 aromatic rings. The second-order valence-electron chi connectivity index (χ2n) is 6.99. The number of hydrogen-bond acceptors (Lipinski definition) is 4. The summed E-state index contributed by atoms with van der Waals surface area (Å²) in [5.41, 5.74) is 3.10. The molecule has 0 aliphatic rings. The lowest BCUT2D eigenvalue weighted by Gasteiger charge is -2.05. The van der Waals surface area contributed by atoms with Crippen molar-refractivity contribution in [2.45, 2.75) is 6.92 Å². The summed E-state index contributed by atoms with van der Waals surface area (Å²) < 4.78 is 6.71. The Morgan fingerprint density at radius 3 is 2.63 bits per heavy atom. The molecule has 30 heavy (non-hydrogen) atoms. The molecule has 3 aromatic heterocycles. The van der Waals surface area contributed by atoms with E-state index < -0.39 is 11.2 Å². The third-order valence-corrected chi connectivity index (χ3v) is 5.36. The normalized spacial score (nSPS) is 11.3. The molecule has 148 valence electrons. The first-order valence-electron chi connectivity index (χ1n) is 9.28. The second-order valence-corrected chi connectivity index (χ2v) is 7.90. The lowest BCUT2D eigenvalue weighted by molar-refractivity contribution is 0.429. The van der Waals surface area contributed by atoms with Crippen LogP contribution in [0.25, 0.3) is 45.1 Å². The predicted molar refractivity (Wildman–Crippen MR) is 119 cm³/mol. The number of hydrogen-bond donors (Lipinski definition) is 3. The van der Waals surface area contributed by atoms with E-state index in [1.807, 2.05) is 54.6 Å². The average Bonchev–Trinajstić information content (AvgIpc) is 3.35. The molecule has 0 fully saturated rings. The molecule has 0 amide bonds. The maximum absolute atomic E-state index is 12.2. The molecule has 0 bridgehead atoms. The molecule has 3 heterocycles. The number of aromatic hydroxyl groups is 1. The summed E-state index contributed by atoms with van der Waals surface area (Å²) in [6.45, 7) is 1.67. The fourth-order valence-corrected chi connectivity index (χ4v) is 3.85. The maximum Gasteiger partial charge on any atom is 0.227 e. The zero-order valence-corrected chi connectivity index (χ0v) is 17.4. The van der Waals surface area contributed by atoms with Crippen LogP contribution in [0, 0.1) is 6.92 Å². The highest BCUT2D eigenvalue weighted by Gasteiger charge is 2.22. The molecule has 0 atom stereocenters. The number of aryl methyl sites for hydroxylation is 1. The van der Waals surface area contributed by atoms with E-state index in [1.165, 1.54) is 6.07 Å². The Morgan fingerprint density at radius 1 is 1.03 bits per heavy atom. The van der Waals surface area contributed by atoms with Gasteiger partial charge in [0, 0.05) is 27.0 Å². The maximum atomic E-state index is 12.2. The molecule has 0 radical (unpaired) electrons. The van der Waals surface area contributed by atoms with Crippen molar-refractivity contribution >= 4 is 26.8 Å². The number of nitrogens with zero attached hydrogens (tertiary/aromatic N) is 1. The smallest absolute Gasteiger partial charge is 0.227 e. The molecule has 2 aromatic carbocycles. The Morgan fingerprint density at radius 2 is 1.83 bits per heavy atom. The molecule has 7 heteroatoms. The minimum atomic E-state index is -0.501. The van der Waals surface area contributed by atoms with Crippen LogP contribution in [-0.2, 0) is 0 Å². The van der Waals surface area contributed by atoms with Gasteiger partial charge in [-0.3, -0.25) is 4.79 Å². The van der Waals surface area contributed by atoms with Gasteiger partial charge in [0.2, 0.25) is 11.2 Å². The number of nitrogens with one attached hydrogen (secondary N) is 2. The van der Waals surface area contributed by atoms with Crippen molar-refractivity contribution in [1.29, 1.82) is 0 Å². The highest BCUT2D eigenvalue weighted by Crippen LogP contribution is 2.36. The van der Waals surface area contributed by atoms with Crippen molar-refractivity contribution in [2.24, 2.45) is 0 Å². The lowest BCUT2D eigenvalue weighted by Crippen LogP contribution is -2.01. The lowest BCUT2D eigenvalue weighted by atomic mass is 10.1. The molecule has 0 spiro atoms. The van der Waals surface area contributed by atoms with E-state index in [4.69, 9.17) is 9.40 Å². The van der Waals surface area contributed by atoms with Gasteiger partial charge in [0.25, 0.3) is 0 Å². The van der Waals surface area contributed by atoms with E-state index in [-0.39, 0.29) is 5.76 Å². The monoisotopic (exact) mass is 461 g/mol. The van der Waals surface area contributed by atoms with Gasteiger partial charge in [0.05, 0.1) is 5.69 Å². The predicted octanol–water partition coefficient (Wildman–Crippen LogP) is 5.62. The number of H-pyrrole nitrogens is 2. The quantitative estimate of drug-likeness (QED) is 0.324. The molecule has 0 saturated carbocycles. The third kappa shape index (κ3) is 3.13. The summed E-state index contributed by atoms with van der Waals surface area (Å²) in [4.78, 5) is 23.5. The van der Waals surface area contributed by atoms with E-state index in [0.717, 1.165) is 26.6 Å². The van der Waals surface area contributed by atoms with Crippen LogP contribution in [0.15, 0.2) is 74.3 Å². The first-order valence-corrected chi connectivity index (χ1v) is 10.1. The number of benzene rings is 2. The van der Waals surface area contributed by atoms with E-state index in [9.17, 15) is 9.90 Å². The largest absolute Gasteiger partial charge is 0.501 e. The van der Waals surface area contributed by atoms with Gasteiger partial charge in [-0.25, -0.2) is 4.98 Å². The van der Waals surface area contributed by atoms with Gasteiger partial charge in [0.1, 0.15) is 17.1 Å².